The average Bonchev–Trinajstić information content (AvgIpc) is 3.17. The van der Waals surface area contributed by atoms with Crippen molar-refractivity contribution < 1.29 is 14.7 Å². The number of aliphatic hydroxyl groups excluding tert-OH is 1. The van der Waals surface area contributed by atoms with Gasteiger partial charge in [0.05, 0.1) is 10.6 Å². The first-order valence-corrected chi connectivity index (χ1v) is 8.71. The lowest BCUT2D eigenvalue weighted by Gasteiger charge is -2.11. The maximum atomic E-state index is 11.6. The monoisotopic (exact) mass is 379 g/mol. The Balaban J connectivity index is 1.77. The van der Waals surface area contributed by atoms with Crippen LogP contribution in [0.25, 0.3) is 21.8 Å². The molecule has 0 amide bonds. The minimum absolute atomic E-state index is 0.0171. The molecule has 3 N–H and O–H groups in total. The molecule has 1 heterocycles. The summed E-state index contributed by atoms with van der Waals surface area (Å²) < 4.78 is 4.77. The number of hydrogen-bond donors (Lipinski definition) is 3. The van der Waals surface area contributed by atoms with Gasteiger partial charge >= 0.3 is 5.69 Å². The van der Waals surface area contributed by atoms with Crippen molar-refractivity contribution in [3.05, 3.63) is 58.6 Å². The summed E-state index contributed by atoms with van der Waals surface area (Å²) in [7, 11) is 0. The number of rotatable bonds is 7. The van der Waals surface area contributed by atoms with Crippen molar-refractivity contribution in [3.63, 3.8) is 0 Å². The van der Waals surface area contributed by atoms with Gasteiger partial charge in [0.25, 0.3) is 0 Å². The summed E-state index contributed by atoms with van der Waals surface area (Å²) in [6.45, 7) is 0.361. The van der Waals surface area contributed by atoms with Crippen LogP contribution in [-0.4, -0.2) is 33.5 Å². The summed E-state index contributed by atoms with van der Waals surface area (Å²) >= 11 is 0. The number of hydrogen-bond acceptors (Lipinski definition) is 8. The minimum Gasteiger partial charge on any atom is -0.396 e. The number of aliphatic hydroxyl groups is 1. The van der Waals surface area contributed by atoms with Crippen molar-refractivity contribution in [2.45, 2.75) is 6.42 Å². The standard InChI is InChI=1S/C19H17N5O4/c25-9-3-8-20-16-11-15(17-18(23-28-22-17)19(16)24(26)27)21-14-7-6-12-4-1-2-5-13(12)10-14/h1-2,4-7,10-11,20-21,25H,3,8-9H2. The second-order valence-corrected chi connectivity index (χ2v) is 6.23. The fourth-order valence-electron chi connectivity index (χ4n) is 3.07. The molecule has 4 rings (SSSR count). The molecule has 0 spiro atoms. The van der Waals surface area contributed by atoms with Gasteiger partial charge in [-0.2, -0.15) is 0 Å². The van der Waals surface area contributed by atoms with Crippen molar-refractivity contribution in [2.24, 2.45) is 0 Å². The molecule has 0 bridgehead atoms. The Morgan fingerprint density at radius 3 is 2.61 bits per heavy atom. The number of nitrogens with one attached hydrogen (secondary N) is 2. The van der Waals surface area contributed by atoms with Crippen LogP contribution in [0.2, 0.25) is 0 Å². The molecule has 0 unspecified atom stereocenters. The molecule has 0 aliphatic heterocycles. The van der Waals surface area contributed by atoms with Crippen LogP contribution >= 0.6 is 0 Å². The number of nitro benzene ring substituents is 1. The Bertz CT molecular complexity index is 1160. The Morgan fingerprint density at radius 2 is 1.82 bits per heavy atom. The van der Waals surface area contributed by atoms with Crippen molar-refractivity contribution >= 4 is 44.6 Å². The molecule has 0 saturated heterocycles. The van der Waals surface area contributed by atoms with Gasteiger partial charge < -0.3 is 15.7 Å². The van der Waals surface area contributed by atoms with E-state index < -0.39 is 4.92 Å². The van der Waals surface area contributed by atoms with Gasteiger partial charge in [-0.05, 0) is 45.7 Å². The molecular formula is C19H17N5O4. The van der Waals surface area contributed by atoms with Crippen molar-refractivity contribution in [1.82, 2.24) is 10.3 Å². The third-order valence-electron chi connectivity index (χ3n) is 4.37. The summed E-state index contributed by atoms with van der Waals surface area (Å²) in [6, 6.07) is 15.5. The third kappa shape index (κ3) is 3.30. The highest BCUT2D eigenvalue weighted by atomic mass is 16.6. The van der Waals surface area contributed by atoms with Gasteiger partial charge in [0.15, 0.2) is 5.52 Å². The zero-order chi connectivity index (χ0) is 19.5. The quantitative estimate of drug-likeness (QED) is 0.251. The smallest absolute Gasteiger partial charge is 0.323 e. The average molecular weight is 379 g/mol. The van der Waals surface area contributed by atoms with E-state index in [1.54, 1.807) is 6.07 Å². The van der Waals surface area contributed by atoms with Gasteiger partial charge in [-0.15, -0.1) is 0 Å². The number of benzene rings is 3. The molecular weight excluding hydrogens is 362 g/mol. The molecule has 0 atom stereocenters. The largest absolute Gasteiger partial charge is 0.396 e. The molecule has 9 nitrogen and oxygen atoms in total. The number of nitrogens with zero attached hydrogens (tertiary/aromatic N) is 3. The molecule has 4 aromatic rings. The highest BCUT2D eigenvalue weighted by Gasteiger charge is 2.25. The lowest BCUT2D eigenvalue weighted by molar-refractivity contribution is -0.382. The Kier molecular flexibility index (Phi) is 4.73. The van der Waals surface area contributed by atoms with Gasteiger partial charge in [0, 0.05) is 18.8 Å². The van der Waals surface area contributed by atoms with Crippen LogP contribution in [0.1, 0.15) is 6.42 Å². The molecule has 0 saturated carbocycles. The number of aromatic nitrogens is 2. The normalized spacial score (nSPS) is 11.0. The summed E-state index contributed by atoms with van der Waals surface area (Å²) in [5.41, 5.74) is 1.74. The van der Waals surface area contributed by atoms with E-state index >= 15 is 0 Å². The van der Waals surface area contributed by atoms with Crippen LogP contribution in [0, 0.1) is 10.1 Å². The fourth-order valence-corrected chi connectivity index (χ4v) is 3.07. The fraction of sp³-hybridized carbons (Fsp3) is 0.158. The maximum Gasteiger partial charge on any atom is 0.323 e. The zero-order valence-corrected chi connectivity index (χ0v) is 14.8. The number of fused-ring (bicyclic) bond motifs is 2. The van der Waals surface area contributed by atoms with Crippen molar-refractivity contribution in [2.75, 3.05) is 23.8 Å². The van der Waals surface area contributed by atoms with Crippen LogP contribution in [-0.2, 0) is 0 Å². The Labute approximate surface area is 159 Å². The third-order valence-corrected chi connectivity index (χ3v) is 4.37. The van der Waals surface area contributed by atoms with Gasteiger partial charge in [-0.25, -0.2) is 4.63 Å². The first-order chi connectivity index (χ1) is 13.7. The topological polar surface area (TPSA) is 126 Å². The second kappa shape index (κ2) is 7.49. The number of nitro groups is 1. The van der Waals surface area contributed by atoms with Crippen LogP contribution < -0.4 is 10.6 Å². The predicted octanol–water partition coefficient (Wildman–Crippen LogP) is 3.82. The second-order valence-electron chi connectivity index (χ2n) is 6.23. The van der Waals surface area contributed by atoms with Gasteiger partial charge in [-0.3, -0.25) is 10.1 Å². The van der Waals surface area contributed by atoms with E-state index in [1.165, 1.54) is 0 Å². The first kappa shape index (κ1) is 17.7. The molecule has 0 fully saturated rings. The van der Waals surface area contributed by atoms with Crippen molar-refractivity contribution in [1.29, 1.82) is 0 Å². The lowest BCUT2D eigenvalue weighted by atomic mass is 10.1. The highest BCUT2D eigenvalue weighted by molar-refractivity contribution is 6.01. The van der Waals surface area contributed by atoms with E-state index in [0.29, 0.717) is 18.7 Å². The van der Waals surface area contributed by atoms with E-state index in [9.17, 15) is 10.1 Å². The predicted molar refractivity (Wildman–Crippen MR) is 106 cm³/mol. The molecule has 1 aromatic heterocycles. The van der Waals surface area contributed by atoms with Crippen molar-refractivity contribution in [3.8, 4) is 0 Å². The Hall–Kier alpha value is -3.72. The van der Waals surface area contributed by atoms with E-state index in [0.717, 1.165) is 16.5 Å². The van der Waals surface area contributed by atoms with Crippen LogP contribution in [0.3, 0.4) is 0 Å². The molecule has 142 valence electrons. The number of anilines is 3. The maximum absolute atomic E-state index is 11.6. The SMILES string of the molecule is O=[N+]([O-])c1c(NCCCO)cc(Nc2ccc3ccccc3c2)c2nonc12. The van der Waals surface area contributed by atoms with Gasteiger partial charge in [0.1, 0.15) is 5.69 Å². The van der Waals surface area contributed by atoms with E-state index in [4.69, 9.17) is 9.74 Å². The zero-order valence-electron chi connectivity index (χ0n) is 14.8. The van der Waals surface area contributed by atoms with E-state index in [2.05, 4.69) is 20.9 Å². The highest BCUT2D eigenvalue weighted by Crippen LogP contribution is 2.38. The van der Waals surface area contributed by atoms with Crippen LogP contribution in [0.4, 0.5) is 22.7 Å². The van der Waals surface area contributed by atoms with E-state index in [-0.39, 0.29) is 29.0 Å². The summed E-state index contributed by atoms with van der Waals surface area (Å²) in [6.07, 6.45) is 0.458. The van der Waals surface area contributed by atoms with E-state index in [1.807, 2.05) is 42.5 Å². The molecule has 0 aliphatic rings. The van der Waals surface area contributed by atoms with Crippen LogP contribution in [0.5, 0.6) is 0 Å². The summed E-state index contributed by atoms with van der Waals surface area (Å²) in [5, 5.41) is 36.5. The minimum atomic E-state index is -0.520. The summed E-state index contributed by atoms with van der Waals surface area (Å²) in [4.78, 5) is 11.0. The van der Waals surface area contributed by atoms with Gasteiger partial charge in [0.2, 0.25) is 5.52 Å². The lowest BCUT2D eigenvalue weighted by Crippen LogP contribution is -2.07. The van der Waals surface area contributed by atoms with Crippen LogP contribution in [0.15, 0.2) is 53.2 Å². The molecule has 9 heteroatoms. The Morgan fingerprint density at radius 1 is 1.04 bits per heavy atom. The first-order valence-electron chi connectivity index (χ1n) is 8.71. The summed E-state index contributed by atoms with van der Waals surface area (Å²) in [5.74, 6) is 0. The molecule has 0 radical (unpaired) electrons. The molecule has 0 aliphatic carbocycles. The molecule has 28 heavy (non-hydrogen) atoms. The molecule has 3 aromatic carbocycles. The van der Waals surface area contributed by atoms with Gasteiger partial charge in [-0.1, -0.05) is 30.3 Å².